The zero-order valence-electron chi connectivity index (χ0n) is 17.4. The Morgan fingerprint density at radius 3 is 2.36 bits per heavy atom. The van der Waals surface area contributed by atoms with Gasteiger partial charge in [0.05, 0.1) is 17.3 Å². The summed E-state index contributed by atoms with van der Waals surface area (Å²) in [5.41, 5.74) is 5.21. The van der Waals surface area contributed by atoms with Gasteiger partial charge in [0.1, 0.15) is 11.6 Å². The van der Waals surface area contributed by atoms with Crippen molar-refractivity contribution in [3.8, 4) is 11.1 Å². The molecule has 0 aliphatic carbocycles. The molecule has 1 aromatic heterocycles. The quantitative estimate of drug-likeness (QED) is 0.322. The summed E-state index contributed by atoms with van der Waals surface area (Å²) in [6.45, 7) is 0. The molecule has 1 unspecified atom stereocenters. The highest BCUT2D eigenvalue weighted by Crippen LogP contribution is 2.48. The maximum atomic E-state index is 14.8. The molecule has 0 saturated heterocycles. The van der Waals surface area contributed by atoms with E-state index in [0.29, 0.717) is 5.69 Å². The Labute approximate surface area is 188 Å². The van der Waals surface area contributed by atoms with Crippen molar-refractivity contribution >= 4 is 22.5 Å². The summed E-state index contributed by atoms with van der Waals surface area (Å²) in [5, 5.41) is 0.981. The van der Waals surface area contributed by atoms with Crippen molar-refractivity contribution in [3.63, 3.8) is 0 Å². The fourth-order valence-corrected chi connectivity index (χ4v) is 4.82. The summed E-state index contributed by atoms with van der Waals surface area (Å²) in [6, 6.07) is 26.0. The normalized spacial score (nSPS) is 14.7. The Bertz CT molecular complexity index is 1540. The molecule has 2 heterocycles. The summed E-state index contributed by atoms with van der Waals surface area (Å²) in [7, 11) is 0. The van der Waals surface area contributed by atoms with Crippen molar-refractivity contribution in [1.82, 2.24) is 4.98 Å². The Balaban J connectivity index is 1.65. The van der Waals surface area contributed by atoms with E-state index in [0.717, 1.165) is 45.3 Å². The molecule has 160 valence electrons. The number of aromatic nitrogens is 1. The van der Waals surface area contributed by atoms with Crippen molar-refractivity contribution in [2.45, 2.75) is 6.04 Å². The standard InChI is InChI=1S/C28H18F2N2O/c29-17-13-14-22(24(30)15-17)28(33)32-26-12-6-4-9-20(26)18-7-1-2-10-21(18)27(32)23-16-31-25-11-5-3-8-19(23)25/h1-16,27,31H. The van der Waals surface area contributed by atoms with Crippen molar-refractivity contribution in [2.75, 3.05) is 4.90 Å². The van der Waals surface area contributed by atoms with E-state index in [2.05, 4.69) is 4.98 Å². The minimum Gasteiger partial charge on any atom is -0.361 e. The van der Waals surface area contributed by atoms with Crippen molar-refractivity contribution in [3.05, 3.63) is 126 Å². The fourth-order valence-electron chi connectivity index (χ4n) is 4.82. The lowest BCUT2D eigenvalue weighted by molar-refractivity contribution is 0.0976. The number of H-pyrrole nitrogens is 1. The van der Waals surface area contributed by atoms with Gasteiger partial charge in [-0.2, -0.15) is 0 Å². The van der Waals surface area contributed by atoms with Gasteiger partial charge in [-0.05, 0) is 35.4 Å². The SMILES string of the molecule is O=C(c1ccc(F)cc1F)N1c2ccccc2-c2ccccc2C1c1c[nH]c2ccccc12. The van der Waals surface area contributed by atoms with Crippen LogP contribution in [-0.2, 0) is 0 Å². The van der Waals surface area contributed by atoms with Gasteiger partial charge in [0, 0.05) is 34.3 Å². The Kier molecular flexibility index (Phi) is 4.37. The Hall–Kier alpha value is -4.25. The lowest BCUT2D eigenvalue weighted by atomic mass is 9.84. The number of amides is 1. The van der Waals surface area contributed by atoms with Gasteiger partial charge in [0.15, 0.2) is 0 Å². The average molecular weight is 436 g/mol. The summed E-state index contributed by atoms with van der Waals surface area (Å²) < 4.78 is 28.4. The second-order valence-corrected chi connectivity index (χ2v) is 8.10. The van der Waals surface area contributed by atoms with E-state index in [1.54, 1.807) is 4.90 Å². The van der Waals surface area contributed by atoms with Gasteiger partial charge >= 0.3 is 0 Å². The average Bonchev–Trinajstić information content (AvgIpc) is 3.26. The predicted molar refractivity (Wildman–Crippen MR) is 125 cm³/mol. The number of carbonyl (C=O) groups excluding carboxylic acids is 1. The molecule has 1 aliphatic heterocycles. The van der Waals surface area contributed by atoms with Crippen LogP contribution in [0, 0.1) is 11.6 Å². The number of aromatic amines is 1. The molecule has 1 aliphatic rings. The first-order valence-electron chi connectivity index (χ1n) is 10.7. The van der Waals surface area contributed by atoms with Crippen LogP contribution in [0.3, 0.4) is 0 Å². The number of para-hydroxylation sites is 2. The maximum Gasteiger partial charge on any atom is 0.262 e. The molecule has 5 heteroatoms. The first kappa shape index (κ1) is 19.4. The number of anilines is 1. The van der Waals surface area contributed by atoms with Crippen LogP contribution >= 0.6 is 0 Å². The molecule has 33 heavy (non-hydrogen) atoms. The van der Waals surface area contributed by atoms with Gasteiger partial charge in [-0.15, -0.1) is 0 Å². The number of carbonyl (C=O) groups is 1. The molecule has 5 aromatic rings. The topological polar surface area (TPSA) is 36.1 Å². The first-order valence-corrected chi connectivity index (χ1v) is 10.7. The van der Waals surface area contributed by atoms with Crippen LogP contribution in [0.2, 0.25) is 0 Å². The highest BCUT2D eigenvalue weighted by atomic mass is 19.1. The molecule has 1 atom stereocenters. The molecule has 1 N–H and O–H groups in total. The molecule has 1 amide bonds. The number of nitrogens with one attached hydrogen (secondary N) is 1. The summed E-state index contributed by atoms with van der Waals surface area (Å²) in [5.74, 6) is -2.12. The fraction of sp³-hybridized carbons (Fsp3) is 0.0357. The molecule has 0 radical (unpaired) electrons. The van der Waals surface area contributed by atoms with Gasteiger partial charge in [-0.3, -0.25) is 9.69 Å². The number of benzene rings is 4. The van der Waals surface area contributed by atoms with E-state index in [1.807, 2.05) is 79.0 Å². The molecule has 0 fully saturated rings. The van der Waals surface area contributed by atoms with Crippen LogP contribution in [0.1, 0.15) is 27.5 Å². The number of rotatable bonds is 2. The lowest BCUT2D eigenvalue weighted by Gasteiger charge is -2.39. The summed E-state index contributed by atoms with van der Waals surface area (Å²) in [4.78, 5) is 18.8. The summed E-state index contributed by atoms with van der Waals surface area (Å²) in [6.07, 6.45) is 1.90. The van der Waals surface area contributed by atoms with Gasteiger partial charge < -0.3 is 4.98 Å². The molecular weight excluding hydrogens is 418 g/mol. The number of hydrogen-bond acceptors (Lipinski definition) is 1. The zero-order valence-corrected chi connectivity index (χ0v) is 17.4. The maximum absolute atomic E-state index is 14.8. The van der Waals surface area contributed by atoms with Crippen LogP contribution < -0.4 is 4.90 Å². The minimum absolute atomic E-state index is 0.171. The lowest BCUT2D eigenvalue weighted by Crippen LogP contribution is -2.38. The number of hydrogen-bond donors (Lipinski definition) is 1. The van der Waals surface area contributed by atoms with Crippen LogP contribution in [0.25, 0.3) is 22.0 Å². The number of halogens is 2. The second kappa shape index (κ2) is 7.41. The second-order valence-electron chi connectivity index (χ2n) is 8.10. The van der Waals surface area contributed by atoms with Crippen molar-refractivity contribution < 1.29 is 13.6 Å². The molecule has 6 rings (SSSR count). The minimum atomic E-state index is -0.881. The van der Waals surface area contributed by atoms with Crippen molar-refractivity contribution in [2.24, 2.45) is 0 Å². The monoisotopic (exact) mass is 436 g/mol. The third kappa shape index (κ3) is 2.97. The molecular formula is C28H18F2N2O. The van der Waals surface area contributed by atoms with E-state index in [9.17, 15) is 13.6 Å². The summed E-state index contributed by atoms with van der Waals surface area (Å²) >= 11 is 0. The van der Waals surface area contributed by atoms with Crippen LogP contribution in [-0.4, -0.2) is 10.9 Å². The Morgan fingerprint density at radius 1 is 0.788 bits per heavy atom. The van der Waals surface area contributed by atoms with E-state index >= 15 is 0 Å². The number of nitrogens with zero attached hydrogens (tertiary/aromatic N) is 1. The molecule has 0 saturated carbocycles. The van der Waals surface area contributed by atoms with Gasteiger partial charge in [-0.25, -0.2) is 8.78 Å². The van der Waals surface area contributed by atoms with Crippen LogP contribution in [0.5, 0.6) is 0 Å². The van der Waals surface area contributed by atoms with Gasteiger partial charge in [0.2, 0.25) is 0 Å². The number of fused-ring (bicyclic) bond motifs is 4. The Morgan fingerprint density at radius 2 is 1.52 bits per heavy atom. The smallest absolute Gasteiger partial charge is 0.262 e. The first-order chi connectivity index (χ1) is 16.1. The molecule has 0 spiro atoms. The predicted octanol–water partition coefficient (Wildman–Crippen LogP) is 6.86. The highest BCUT2D eigenvalue weighted by molar-refractivity contribution is 6.11. The molecule has 4 aromatic carbocycles. The van der Waals surface area contributed by atoms with E-state index in [-0.39, 0.29) is 5.56 Å². The zero-order chi connectivity index (χ0) is 22.5. The third-order valence-electron chi connectivity index (χ3n) is 6.26. The largest absolute Gasteiger partial charge is 0.361 e. The third-order valence-corrected chi connectivity index (χ3v) is 6.26. The van der Waals surface area contributed by atoms with Crippen LogP contribution in [0.15, 0.2) is 97.2 Å². The van der Waals surface area contributed by atoms with Gasteiger partial charge in [0.25, 0.3) is 5.91 Å². The highest BCUT2D eigenvalue weighted by Gasteiger charge is 2.38. The van der Waals surface area contributed by atoms with E-state index in [1.165, 1.54) is 6.07 Å². The molecule has 3 nitrogen and oxygen atoms in total. The van der Waals surface area contributed by atoms with E-state index < -0.39 is 23.6 Å². The van der Waals surface area contributed by atoms with E-state index in [4.69, 9.17) is 0 Å². The molecule has 0 bridgehead atoms. The van der Waals surface area contributed by atoms with Gasteiger partial charge in [-0.1, -0.05) is 60.7 Å². The van der Waals surface area contributed by atoms with Crippen LogP contribution in [0.4, 0.5) is 14.5 Å². The van der Waals surface area contributed by atoms with Crippen molar-refractivity contribution in [1.29, 1.82) is 0 Å².